The predicted octanol–water partition coefficient (Wildman–Crippen LogP) is 1.60. The first-order chi connectivity index (χ1) is 9.80. The van der Waals surface area contributed by atoms with Crippen LogP contribution in [0.2, 0.25) is 0 Å². The standard InChI is InChI=1S/C14H24N4O2S/c1-9(2)16-12(19)10-11(15)17-21-13(10)18-7-4-5-14(3,20)6-8-18/h9,20H,4-8H2,1-3H3,(H2,15,17)(H,16,19). The van der Waals surface area contributed by atoms with Gasteiger partial charge in [-0.15, -0.1) is 0 Å². The molecule has 118 valence electrons. The average Bonchev–Trinajstić information content (AvgIpc) is 2.64. The summed E-state index contributed by atoms with van der Waals surface area (Å²) in [5.74, 6) is 0.103. The first-order valence-electron chi connectivity index (χ1n) is 7.33. The van der Waals surface area contributed by atoms with E-state index in [2.05, 4.69) is 14.6 Å². The van der Waals surface area contributed by atoms with E-state index in [0.29, 0.717) is 18.5 Å². The molecule has 1 amide bonds. The van der Waals surface area contributed by atoms with Gasteiger partial charge in [0.25, 0.3) is 5.91 Å². The number of aliphatic hydroxyl groups is 1. The minimum absolute atomic E-state index is 0.0505. The SMILES string of the molecule is CC(C)NC(=O)c1c(N)nsc1N1CCCC(C)(O)CC1. The largest absolute Gasteiger partial charge is 0.390 e. The second-order valence-electron chi connectivity index (χ2n) is 6.21. The number of aromatic nitrogens is 1. The van der Waals surface area contributed by atoms with Crippen LogP contribution in [0.25, 0.3) is 0 Å². The number of nitrogens with one attached hydrogen (secondary N) is 1. The van der Waals surface area contributed by atoms with E-state index < -0.39 is 5.60 Å². The van der Waals surface area contributed by atoms with Crippen molar-refractivity contribution < 1.29 is 9.90 Å². The Bertz CT molecular complexity index is 513. The van der Waals surface area contributed by atoms with Gasteiger partial charge in [0, 0.05) is 19.1 Å². The molecule has 1 aliphatic rings. The third-order valence-corrected chi connectivity index (χ3v) is 4.62. The van der Waals surface area contributed by atoms with E-state index in [0.717, 1.165) is 24.4 Å². The summed E-state index contributed by atoms with van der Waals surface area (Å²) in [6, 6.07) is 0.0505. The number of carbonyl (C=O) groups is 1. The normalized spacial score (nSPS) is 23.2. The number of carbonyl (C=O) groups excluding carboxylic acids is 1. The minimum Gasteiger partial charge on any atom is -0.390 e. The highest BCUT2D eigenvalue weighted by Gasteiger charge is 2.29. The molecule has 0 saturated carbocycles. The summed E-state index contributed by atoms with van der Waals surface area (Å²) in [5, 5.41) is 13.9. The van der Waals surface area contributed by atoms with Gasteiger partial charge < -0.3 is 21.1 Å². The molecule has 21 heavy (non-hydrogen) atoms. The maximum absolute atomic E-state index is 12.3. The predicted molar refractivity (Wildman–Crippen MR) is 85.8 cm³/mol. The van der Waals surface area contributed by atoms with E-state index in [-0.39, 0.29) is 17.8 Å². The molecule has 1 aliphatic heterocycles. The van der Waals surface area contributed by atoms with Crippen LogP contribution < -0.4 is 16.0 Å². The highest BCUT2D eigenvalue weighted by atomic mass is 32.1. The van der Waals surface area contributed by atoms with Crippen molar-refractivity contribution in [3.8, 4) is 0 Å². The van der Waals surface area contributed by atoms with Crippen molar-refractivity contribution in [2.45, 2.75) is 51.7 Å². The Morgan fingerprint density at radius 2 is 2.19 bits per heavy atom. The number of hydrogen-bond donors (Lipinski definition) is 3. The van der Waals surface area contributed by atoms with E-state index in [1.54, 1.807) is 0 Å². The zero-order chi connectivity index (χ0) is 15.6. The first-order valence-corrected chi connectivity index (χ1v) is 8.11. The van der Waals surface area contributed by atoms with Crippen LogP contribution in [0.1, 0.15) is 50.4 Å². The molecular weight excluding hydrogens is 288 g/mol. The van der Waals surface area contributed by atoms with Gasteiger partial charge in [-0.05, 0) is 51.6 Å². The molecule has 1 aromatic heterocycles. The lowest BCUT2D eigenvalue weighted by Gasteiger charge is -2.23. The summed E-state index contributed by atoms with van der Waals surface area (Å²) in [4.78, 5) is 14.4. The number of anilines is 2. The second-order valence-corrected chi connectivity index (χ2v) is 6.97. The Morgan fingerprint density at radius 3 is 2.86 bits per heavy atom. The van der Waals surface area contributed by atoms with Gasteiger partial charge >= 0.3 is 0 Å². The summed E-state index contributed by atoms with van der Waals surface area (Å²) >= 11 is 1.26. The molecule has 0 bridgehead atoms. The van der Waals surface area contributed by atoms with E-state index >= 15 is 0 Å². The Labute approximate surface area is 129 Å². The van der Waals surface area contributed by atoms with Crippen LogP contribution in [0.15, 0.2) is 0 Å². The molecule has 2 rings (SSSR count). The smallest absolute Gasteiger partial charge is 0.258 e. The van der Waals surface area contributed by atoms with Crippen LogP contribution in [0.5, 0.6) is 0 Å². The Hall–Kier alpha value is -1.34. The van der Waals surface area contributed by atoms with E-state index in [9.17, 15) is 9.90 Å². The van der Waals surface area contributed by atoms with Gasteiger partial charge in [0.15, 0.2) is 5.82 Å². The summed E-state index contributed by atoms with van der Waals surface area (Å²) in [7, 11) is 0. The Morgan fingerprint density at radius 1 is 1.48 bits per heavy atom. The fourth-order valence-corrected chi connectivity index (χ4v) is 3.39. The van der Waals surface area contributed by atoms with E-state index in [4.69, 9.17) is 5.73 Å². The average molecular weight is 312 g/mol. The number of amides is 1. The van der Waals surface area contributed by atoms with Crippen molar-refractivity contribution in [1.82, 2.24) is 9.69 Å². The van der Waals surface area contributed by atoms with Crippen molar-refractivity contribution in [2.24, 2.45) is 0 Å². The quantitative estimate of drug-likeness (QED) is 0.788. The van der Waals surface area contributed by atoms with Gasteiger partial charge in [-0.2, -0.15) is 4.37 Å². The van der Waals surface area contributed by atoms with Gasteiger partial charge in [-0.1, -0.05) is 0 Å². The number of rotatable bonds is 3. The second kappa shape index (κ2) is 6.19. The number of nitrogens with zero attached hydrogens (tertiary/aromatic N) is 2. The minimum atomic E-state index is -0.634. The molecule has 1 aromatic rings. The highest BCUT2D eigenvalue weighted by molar-refractivity contribution is 7.11. The van der Waals surface area contributed by atoms with Crippen molar-refractivity contribution in [1.29, 1.82) is 0 Å². The number of hydrogen-bond acceptors (Lipinski definition) is 6. The summed E-state index contributed by atoms with van der Waals surface area (Å²) in [6.07, 6.45) is 2.33. The summed E-state index contributed by atoms with van der Waals surface area (Å²) in [6.45, 7) is 7.20. The number of nitrogen functional groups attached to an aromatic ring is 1. The van der Waals surface area contributed by atoms with Crippen molar-refractivity contribution in [2.75, 3.05) is 23.7 Å². The van der Waals surface area contributed by atoms with Crippen LogP contribution in [-0.4, -0.2) is 40.1 Å². The molecule has 2 heterocycles. The third kappa shape index (κ3) is 3.85. The Balaban J connectivity index is 2.22. The molecule has 4 N–H and O–H groups in total. The molecule has 1 unspecified atom stereocenters. The van der Waals surface area contributed by atoms with Gasteiger partial charge in [-0.3, -0.25) is 4.79 Å². The molecule has 7 heteroatoms. The molecule has 1 atom stereocenters. The van der Waals surface area contributed by atoms with Gasteiger partial charge in [0.05, 0.1) is 5.60 Å². The van der Waals surface area contributed by atoms with Gasteiger partial charge in [0.1, 0.15) is 10.6 Å². The van der Waals surface area contributed by atoms with Crippen molar-refractivity contribution in [3.63, 3.8) is 0 Å². The molecule has 0 radical (unpaired) electrons. The lowest BCUT2D eigenvalue weighted by molar-refractivity contribution is 0.0481. The van der Waals surface area contributed by atoms with Crippen LogP contribution in [0.4, 0.5) is 10.8 Å². The maximum atomic E-state index is 12.3. The summed E-state index contributed by atoms with van der Waals surface area (Å²) in [5.41, 5.74) is 5.71. The molecular formula is C14H24N4O2S. The fraction of sp³-hybridized carbons (Fsp3) is 0.714. The lowest BCUT2D eigenvalue weighted by atomic mass is 9.98. The van der Waals surface area contributed by atoms with E-state index in [1.807, 2.05) is 20.8 Å². The first kappa shape index (κ1) is 16.0. The molecule has 0 spiro atoms. The molecule has 6 nitrogen and oxygen atoms in total. The fourth-order valence-electron chi connectivity index (χ4n) is 2.52. The Kier molecular flexibility index (Phi) is 4.73. The van der Waals surface area contributed by atoms with Crippen molar-refractivity contribution >= 4 is 28.3 Å². The van der Waals surface area contributed by atoms with Crippen LogP contribution >= 0.6 is 11.5 Å². The summed E-state index contributed by atoms with van der Waals surface area (Å²) < 4.78 is 4.14. The van der Waals surface area contributed by atoms with Gasteiger partial charge in [-0.25, -0.2) is 0 Å². The van der Waals surface area contributed by atoms with E-state index in [1.165, 1.54) is 11.5 Å². The monoisotopic (exact) mass is 312 g/mol. The molecule has 1 saturated heterocycles. The highest BCUT2D eigenvalue weighted by Crippen LogP contribution is 2.33. The van der Waals surface area contributed by atoms with Gasteiger partial charge in [0.2, 0.25) is 0 Å². The number of nitrogens with two attached hydrogens (primary N) is 1. The van der Waals surface area contributed by atoms with Crippen LogP contribution in [0, 0.1) is 0 Å². The maximum Gasteiger partial charge on any atom is 0.258 e. The molecule has 0 aromatic carbocycles. The third-order valence-electron chi connectivity index (χ3n) is 3.70. The lowest BCUT2D eigenvalue weighted by Crippen LogP contribution is -2.33. The van der Waals surface area contributed by atoms with Crippen LogP contribution in [0.3, 0.4) is 0 Å². The van der Waals surface area contributed by atoms with Crippen LogP contribution in [-0.2, 0) is 0 Å². The van der Waals surface area contributed by atoms with Crippen molar-refractivity contribution in [3.05, 3.63) is 5.56 Å². The molecule has 1 fully saturated rings. The topological polar surface area (TPSA) is 91.5 Å². The zero-order valence-electron chi connectivity index (χ0n) is 12.8. The zero-order valence-corrected chi connectivity index (χ0v) is 13.7. The molecule has 0 aliphatic carbocycles.